The van der Waals surface area contributed by atoms with E-state index in [2.05, 4.69) is 29.2 Å². The highest BCUT2D eigenvalue weighted by molar-refractivity contribution is 14.1. The zero-order valence-corrected chi connectivity index (χ0v) is 12.1. The van der Waals surface area contributed by atoms with E-state index in [1.165, 1.54) is 23.7 Å². The van der Waals surface area contributed by atoms with Gasteiger partial charge in [0, 0.05) is 12.2 Å². The third kappa shape index (κ3) is 10.4. The van der Waals surface area contributed by atoms with Gasteiger partial charge in [-0.05, 0) is 24.2 Å². The number of ether oxygens (including phenoxy) is 2. The molecule has 0 saturated carbocycles. The Morgan fingerprint density at radius 1 is 1.12 bits per heavy atom. The summed E-state index contributed by atoms with van der Waals surface area (Å²) in [6.07, 6.45) is 4.87. The fourth-order valence-electron chi connectivity index (χ4n) is 1.07. The molecule has 0 atom stereocenters. The van der Waals surface area contributed by atoms with Gasteiger partial charge in [0.15, 0.2) is 0 Å². The zero-order chi connectivity index (χ0) is 12.2. The molecule has 3 nitrogen and oxygen atoms in total. The van der Waals surface area contributed by atoms with Crippen molar-refractivity contribution in [3.05, 3.63) is 12.2 Å². The molecule has 0 aromatic rings. The van der Waals surface area contributed by atoms with Crippen LogP contribution in [-0.2, 0) is 14.3 Å². The van der Waals surface area contributed by atoms with Crippen LogP contribution in [0.2, 0.25) is 0 Å². The molecule has 16 heavy (non-hydrogen) atoms. The number of unbranched alkanes of at least 4 members (excludes halogenated alkanes) is 3. The molecule has 0 aliphatic heterocycles. The summed E-state index contributed by atoms with van der Waals surface area (Å²) in [4.78, 5) is 11.0. The molecule has 4 heteroatoms. The summed E-state index contributed by atoms with van der Waals surface area (Å²) in [5.41, 5.74) is 0.429. The van der Waals surface area contributed by atoms with Crippen LogP contribution < -0.4 is 0 Å². The number of hydrogen-bond donors (Lipinski definition) is 0. The number of carbonyl (C=O) groups is 1. The Morgan fingerprint density at radius 3 is 2.44 bits per heavy atom. The Morgan fingerprint density at radius 2 is 1.81 bits per heavy atom. The Labute approximate surface area is 112 Å². The predicted octanol–water partition coefficient (Wildman–Crippen LogP) is 3.12. The summed E-state index contributed by atoms with van der Waals surface area (Å²) in [5.74, 6) is -0.342. The van der Waals surface area contributed by atoms with Crippen molar-refractivity contribution in [1.29, 1.82) is 0 Å². The summed E-state index contributed by atoms with van der Waals surface area (Å²) in [6.45, 7) is 6.68. The van der Waals surface area contributed by atoms with Gasteiger partial charge < -0.3 is 9.47 Å². The second kappa shape index (κ2) is 11.4. The molecule has 0 aromatic carbocycles. The lowest BCUT2D eigenvalue weighted by Gasteiger charge is -2.05. The minimum absolute atomic E-state index is 0.319. The summed E-state index contributed by atoms with van der Waals surface area (Å²) < 4.78 is 11.5. The number of rotatable bonds is 10. The quantitative estimate of drug-likeness (QED) is 0.202. The fraction of sp³-hybridized carbons (Fsp3) is 0.750. The van der Waals surface area contributed by atoms with E-state index in [0.29, 0.717) is 18.8 Å². The van der Waals surface area contributed by atoms with Gasteiger partial charge in [-0.2, -0.15) is 0 Å². The van der Waals surface area contributed by atoms with Crippen molar-refractivity contribution in [3.63, 3.8) is 0 Å². The molecule has 0 aliphatic rings. The average molecular weight is 340 g/mol. The van der Waals surface area contributed by atoms with Crippen molar-refractivity contribution in [2.75, 3.05) is 24.2 Å². The van der Waals surface area contributed by atoms with Crippen molar-refractivity contribution >= 4 is 28.6 Å². The van der Waals surface area contributed by atoms with Crippen LogP contribution >= 0.6 is 22.6 Å². The third-order valence-corrected chi connectivity index (χ3v) is 2.74. The molecule has 0 aliphatic carbocycles. The van der Waals surface area contributed by atoms with Crippen LogP contribution in [0.1, 0.15) is 32.6 Å². The van der Waals surface area contributed by atoms with Crippen molar-refractivity contribution in [2.45, 2.75) is 32.6 Å². The standard InChI is InChI=1S/C12H21IO3/c1-11(2)12(14)16-10-9-15-8-6-4-3-5-7-13/h1,3-10H2,2H3. The molecule has 0 saturated heterocycles. The Balaban J connectivity index is 3.10. The van der Waals surface area contributed by atoms with E-state index in [0.717, 1.165) is 13.0 Å². The molecule has 0 radical (unpaired) electrons. The number of alkyl halides is 1. The molecule has 94 valence electrons. The van der Waals surface area contributed by atoms with Gasteiger partial charge in [0.05, 0.1) is 6.61 Å². The fourth-order valence-corrected chi connectivity index (χ4v) is 1.61. The SMILES string of the molecule is C=C(C)C(=O)OCCOCCCCCCI. The minimum Gasteiger partial charge on any atom is -0.460 e. The van der Waals surface area contributed by atoms with Gasteiger partial charge in [-0.1, -0.05) is 42.0 Å². The predicted molar refractivity (Wildman–Crippen MR) is 73.9 cm³/mol. The summed E-state index contributed by atoms with van der Waals surface area (Å²) >= 11 is 2.39. The molecule has 0 amide bonds. The van der Waals surface area contributed by atoms with E-state index in [1.54, 1.807) is 6.92 Å². The van der Waals surface area contributed by atoms with Crippen LogP contribution in [0.5, 0.6) is 0 Å². The molecule has 0 heterocycles. The maximum Gasteiger partial charge on any atom is 0.333 e. The molecule has 0 N–H and O–H groups in total. The van der Waals surface area contributed by atoms with Crippen LogP contribution in [-0.4, -0.2) is 30.2 Å². The molecule has 0 rings (SSSR count). The Kier molecular flexibility index (Phi) is 11.3. The summed E-state index contributed by atoms with van der Waals surface area (Å²) in [7, 11) is 0. The van der Waals surface area contributed by atoms with Crippen molar-refractivity contribution in [3.8, 4) is 0 Å². The molecule has 0 fully saturated rings. The van der Waals surface area contributed by atoms with E-state index in [9.17, 15) is 4.79 Å². The van der Waals surface area contributed by atoms with Gasteiger partial charge in [-0.15, -0.1) is 0 Å². The molecule has 0 spiro atoms. The topological polar surface area (TPSA) is 35.5 Å². The average Bonchev–Trinajstić information content (AvgIpc) is 2.26. The van der Waals surface area contributed by atoms with Gasteiger partial charge in [-0.25, -0.2) is 4.79 Å². The van der Waals surface area contributed by atoms with Gasteiger partial charge in [0.2, 0.25) is 0 Å². The largest absolute Gasteiger partial charge is 0.460 e. The lowest BCUT2D eigenvalue weighted by Crippen LogP contribution is -2.11. The van der Waals surface area contributed by atoms with Crippen molar-refractivity contribution in [1.82, 2.24) is 0 Å². The smallest absolute Gasteiger partial charge is 0.333 e. The van der Waals surface area contributed by atoms with Crippen LogP contribution in [0, 0.1) is 0 Å². The van der Waals surface area contributed by atoms with Crippen LogP contribution in [0.3, 0.4) is 0 Å². The number of halogens is 1. The van der Waals surface area contributed by atoms with Gasteiger partial charge in [0.25, 0.3) is 0 Å². The molecule has 0 bridgehead atoms. The van der Waals surface area contributed by atoms with Crippen LogP contribution in [0.4, 0.5) is 0 Å². The molecule has 0 unspecified atom stereocenters. The number of esters is 1. The van der Waals surface area contributed by atoms with Crippen molar-refractivity contribution in [2.24, 2.45) is 0 Å². The molecule has 0 aromatic heterocycles. The molecular formula is C12H21IO3. The number of carbonyl (C=O) groups excluding carboxylic acids is 1. The second-order valence-electron chi connectivity index (χ2n) is 3.63. The first-order valence-electron chi connectivity index (χ1n) is 5.65. The number of hydrogen-bond acceptors (Lipinski definition) is 3. The van der Waals surface area contributed by atoms with Gasteiger partial charge in [0.1, 0.15) is 6.61 Å². The third-order valence-electron chi connectivity index (χ3n) is 1.98. The van der Waals surface area contributed by atoms with Crippen LogP contribution in [0.25, 0.3) is 0 Å². The van der Waals surface area contributed by atoms with E-state index < -0.39 is 0 Å². The first-order valence-corrected chi connectivity index (χ1v) is 7.17. The first-order chi connectivity index (χ1) is 7.68. The van der Waals surface area contributed by atoms with E-state index in [1.807, 2.05) is 0 Å². The Bertz CT molecular complexity index is 204. The van der Waals surface area contributed by atoms with Gasteiger partial charge in [-0.3, -0.25) is 0 Å². The lowest BCUT2D eigenvalue weighted by molar-refractivity contribution is -0.140. The van der Waals surface area contributed by atoms with Crippen LogP contribution in [0.15, 0.2) is 12.2 Å². The highest BCUT2D eigenvalue weighted by Gasteiger charge is 2.01. The first kappa shape index (κ1) is 15.9. The van der Waals surface area contributed by atoms with E-state index in [4.69, 9.17) is 9.47 Å². The highest BCUT2D eigenvalue weighted by Crippen LogP contribution is 2.02. The normalized spacial score (nSPS) is 10.1. The van der Waals surface area contributed by atoms with E-state index in [-0.39, 0.29) is 5.97 Å². The summed E-state index contributed by atoms with van der Waals surface area (Å²) in [6, 6.07) is 0. The summed E-state index contributed by atoms with van der Waals surface area (Å²) in [5, 5.41) is 0. The zero-order valence-electron chi connectivity index (χ0n) is 9.97. The molecular weight excluding hydrogens is 319 g/mol. The lowest BCUT2D eigenvalue weighted by atomic mass is 10.2. The minimum atomic E-state index is -0.342. The maximum absolute atomic E-state index is 11.0. The highest BCUT2D eigenvalue weighted by atomic mass is 127. The monoisotopic (exact) mass is 340 g/mol. The van der Waals surface area contributed by atoms with E-state index >= 15 is 0 Å². The maximum atomic E-state index is 11.0. The second-order valence-corrected chi connectivity index (χ2v) is 4.71. The van der Waals surface area contributed by atoms with Crippen molar-refractivity contribution < 1.29 is 14.3 Å². The Hall–Kier alpha value is -0.100. The van der Waals surface area contributed by atoms with Gasteiger partial charge >= 0.3 is 5.97 Å².